The highest BCUT2D eigenvalue weighted by Crippen LogP contribution is 2.15. The summed E-state index contributed by atoms with van der Waals surface area (Å²) in [6.45, 7) is 2.74. The third kappa shape index (κ3) is 2.05. The zero-order valence-electron chi connectivity index (χ0n) is 9.29. The van der Waals surface area contributed by atoms with Gasteiger partial charge in [-0.3, -0.25) is 9.78 Å². The van der Waals surface area contributed by atoms with E-state index in [1.165, 1.54) is 0 Å². The molecule has 1 aromatic rings. The molecule has 1 aromatic heterocycles. The fourth-order valence-corrected chi connectivity index (χ4v) is 1.76. The van der Waals surface area contributed by atoms with E-state index >= 15 is 0 Å². The van der Waals surface area contributed by atoms with E-state index in [2.05, 4.69) is 22.5 Å². The molecule has 16 heavy (non-hydrogen) atoms. The van der Waals surface area contributed by atoms with Crippen LogP contribution in [0.3, 0.4) is 0 Å². The maximum absolute atomic E-state index is 12.1. The number of pyridine rings is 1. The fourth-order valence-electron chi connectivity index (χ4n) is 1.76. The minimum absolute atomic E-state index is 0.0378. The second kappa shape index (κ2) is 4.79. The highest BCUT2D eigenvalue weighted by atomic mass is 16.1. The van der Waals surface area contributed by atoms with Crippen molar-refractivity contribution in [1.82, 2.24) is 15.6 Å². The highest BCUT2D eigenvalue weighted by Gasteiger charge is 2.20. The van der Waals surface area contributed by atoms with Crippen LogP contribution >= 0.6 is 0 Å². The Morgan fingerprint density at radius 1 is 1.38 bits per heavy atom. The molecule has 0 bridgehead atoms. The van der Waals surface area contributed by atoms with Crippen molar-refractivity contribution < 1.29 is 4.79 Å². The van der Waals surface area contributed by atoms with Gasteiger partial charge in [0.25, 0.3) is 0 Å². The van der Waals surface area contributed by atoms with Gasteiger partial charge in [-0.05, 0) is 18.6 Å². The van der Waals surface area contributed by atoms with Crippen molar-refractivity contribution in [3.63, 3.8) is 0 Å². The number of aromatic nitrogens is 1. The molecular formula is C12H15N3O. The minimum Gasteiger partial charge on any atom is -0.369 e. The van der Waals surface area contributed by atoms with Crippen molar-refractivity contribution in [1.29, 1.82) is 0 Å². The van der Waals surface area contributed by atoms with Gasteiger partial charge in [-0.2, -0.15) is 0 Å². The van der Waals surface area contributed by atoms with Gasteiger partial charge in [0.2, 0.25) is 5.78 Å². The predicted octanol–water partition coefficient (Wildman–Crippen LogP) is 1.43. The van der Waals surface area contributed by atoms with Gasteiger partial charge in [-0.1, -0.05) is 13.3 Å². The lowest BCUT2D eigenvalue weighted by Gasteiger charge is -2.04. The van der Waals surface area contributed by atoms with Gasteiger partial charge < -0.3 is 10.6 Å². The molecule has 4 heteroatoms. The molecule has 0 saturated carbocycles. The Morgan fingerprint density at radius 3 is 2.81 bits per heavy atom. The van der Waals surface area contributed by atoms with E-state index in [1.807, 2.05) is 0 Å². The molecule has 2 rings (SSSR count). The van der Waals surface area contributed by atoms with Crippen molar-refractivity contribution in [3.8, 4) is 0 Å². The summed E-state index contributed by atoms with van der Waals surface area (Å²) in [5, 5.41) is 6.28. The summed E-state index contributed by atoms with van der Waals surface area (Å²) >= 11 is 0. The molecule has 2 N–H and O–H groups in total. The molecule has 0 atom stereocenters. The average molecular weight is 217 g/mol. The van der Waals surface area contributed by atoms with E-state index in [-0.39, 0.29) is 5.78 Å². The van der Waals surface area contributed by atoms with Gasteiger partial charge in [0, 0.05) is 23.7 Å². The Hall–Kier alpha value is -1.84. The van der Waals surface area contributed by atoms with Crippen LogP contribution in [0, 0.1) is 0 Å². The topological polar surface area (TPSA) is 54.0 Å². The first-order chi connectivity index (χ1) is 7.83. The molecule has 0 radical (unpaired) electrons. The number of rotatable bonds is 4. The molecular weight excluding hydrogens is 202 g/mol. The Bertz CT molecular complexity index is 412. The first-order valence-electron chi connectivity index (χ1n) is 5.48. The first-order valence-corrected chi connectivity index (χ1v) is 5.48. The van der Waals surface area contributed by atoms with Gasteiger partial charge in [0.1, 0.15) is 5.70 Å². The SMILES string of the molecule is CCCC1=C(C(=O)c2ccncc2)NCN1. The summed E-state index contributed by atoms with van der Waals surface area (Å²) in [5.74, 6) is 0.0378. The Balaban J connectivity index is 2.24. The lowest BCUT2D eigenvalue weighted by molar-refractivity contribution is 0.102. The van der Waals surface area contributed by atoms with Crippen molar-refractivity contribution in [3.05, 3.63) is 41.5 Å². The highest BCUT2D eigenvalue weighted by molar-refractivity contribution is 6.08. The third-order valence-electron chi connectivity index (χ3n) is 2.54. The Morgan fingerprint density at radius 2 is 2.12 bits per heavy atom. The molecule has 4 nitrogen and oxygen atoms in total. The molecule has 0 fully saturated rings. The Labute approximate surface area is 94.8 Å². The number of hydrogen-bond acceptors (Lipinski definition) is 4. The summed E-state index contributed by atoms with van der Waals surface area (Å²) in [4.78, 5) is 16.0. The number of carbonyl (C=O) groups excluding carboxylic acids is 1. The number of Topliss-reactive ketones (excluding diaryl/α,β-unsaturated/α-hetero) is 1. The average Bonchev–Trinajstić information content (AvgIpc) is 2.78. The van der Waals surface area contributed by atoms with Gasteiger partial charge in [0.15, 0.2) is 0 Å². The van der Waals surface area contributed by atoms with Crippen molar-refractivity contribution >= 4 is 5.78 Å². The smallest absolute Gasteiger partial charge is 0.210 e. The van der Waals surface area contributed by atoms with E-state index in [4.69, 9.17) is 0 Å². The normalized spacial score (nSPS) is 14.6. The molecule has 2 heterocycles. The maximum Gasteiger partial charge on any atom is 0.210 e. The third-order valence-corrected chi connectivity index (χ3v) is 2.54. The molecule has 84 valence electrons. The summed E-state index contributed by atoms with van der Waals surface area (Å²) in [6, 6.07) is 3.47. The van der Waals surface area contributed by atoms with Crippen LogP contribution in [-0.4, -0.2) is 17.4 Å². The zero-order valence-corrected chi connectivity index (χ0v) is 9.29. The van der Waals surface area contributed by atoms with Gasteiger partial charge in [-0.15, -0.1) is 0 Å². The van der Waals surface area contributed by atoms with E-state index in [0.29, 0.717) is 17.9 Å². The van der Waals surface area contributed by atoms with Crippen LogP contribution in [0.25, 0.3) is 0 Å². The number of allylic oxidation sites excluding steroid dienone is 2. The van der Waals surface area contributed by atoms with Crippen LogP contribution in [-0.2, 0) is 0 Å². The molecule has 0 aliphatic carbocycles. The van der Waals surface area contributed by atoms with Crippen molar-refractivity contribution in [2.24, 2.45) is 0 Å². The van der Waals surface area contributed by atoms with E-state index in [9.17, 15) is 4.79 Å². The van der Waals surface area contributed by atoms with Crippen molar-refractivity contribution in [2.45, 2.75) is 19.8 Å². The van der Waals surface area contributed by atoms with Crippen LogP contribution in [0.2, 0.25) is 0 Å². The van der Waals surface area contributed by atoms with E-state index in [1.54, 1.807) is 24.5 Å². The van der Waals surface area contributed by atoms with Crippen LogP contribution in [0.1, 0.15) is 30.1 Å². The van der Waals surface area contributed by atoms with E-state index < -0.39 is 0 Å². The minimum atomic E-state index is 0.0378. The van der Waals surface area contributed by atoms with E-state index in [0.717, 1.165) is 18.5 Å². The molecule has 0 aromatic carbocycles. The molecule has 1 aliphatic heterocycles. The van der Waals surface area contributed by atoms with Crippen LogP contribution < -0.4 is 10.6 Å². The lowest BCUT2D eigenvalue weighted by atomic mass is 10.1. The molecule has 0 amide bonds. The molecule has 0 unspecified atom stereocenters. The maximum atomic E-state index is 12.1. The monoisotopic (exact) mass is 217 g/mol. The second-order valence-electron chi connectivity index (χ2n) is 3.70. The lowest BCUT2D eigenvalue weighted by Crippen LogP contribution is -2.18. The van der Waals surface area contributed by atoms with Crippen LogP contribution in [0.15, 0.2) is 35.9 Å². The van der Waals surface area contributed by atoms with Gasteiger partial charge >= 0.3 is 0 Å². The van der Waals surface area contributed by atoms with Crippen LogP contribution in [0.4, 0.5) is 0 Å². The quantitative estimate of drug-likeness (QED) is 0.749. The summed E-state index contributed by atoms with van der Waals surface area (Å²) in [6.07, 6.45) is 5.20. The number of carbonyl (C=O) groups is 1. The van der Waals surface area contributed by atoms with Crippen LogP contribution in [0.5, 0.6) is 0 Å². The number of nitrogens with zero attached hydrogens (tertiary/aromatic N) is 1. The largest absolute Gasteiger partial charge is 0.369 e. The number of nitrogens with one attached hydrogen (secondary N) is 2. The summed E-state index contributed by atoms with van der Waals surface area (Å²) in [7, 11) is 0. The Kier molecular flexibility index (Phi) is 3.19. The first kappa shape index (κ1) is 10.7. The number of ketones is 1. The zero-order chi connectivity index (χ0) is 11.4. The number of hydrogen-bond donors (Lipinski definition) is 2. The summed E-state index contributed by atoms with van der Waals surface area (Å²) < 4.78 is 0. The fraction of sp³-hybridized carbons (Fsp3) is 0.333. The molecule has 1 aliphatic rings. The standard InChI is InChI=1S/C12H15N3O/c1-2-3-10-11(15-8-14-10)12(16)9-4-6-13-7-5-9/h4-7,14-15H,2-3,8H2,1H3. The van der Waals surface area contributed by atoms with Crippen molar-refractivity contribution in [2.75, 3.05) is 6.67 Å². The second-order valence-corrected chi connectivity index (χ2v) is 3.70. The summed E-state index contributed by atoms with van der Waals surface area (Å²) in [5.41, 5.74) is 2.40. The molecule has 0 spiro atoms. The van der Waals surface area contributed by atoms with Gasteiger partial charge in [-0.25, -0.2) is 0 Å². The molecule has 0 saturated heterocycles. The predicted molar refractivity (Wildman–Crippen MR) is 61.6 cm³/mol. The van der Waals surface area contributed by atoms with Gasteiger partial charge in [0.05, 0.1) is 6.67 Å².